The van der Waals surface area contributed by atoms with Gasteiger partial charge in [-0.05, 0) is 67.1 Å². The van der Waals surface area contributed by atoms with Crippen molar-refractivity contribution in [2.24, 2.45) is 5.92 Å². The number of hydrogen-bond acceptors (Lipinski definition) is 3. The molecule has 0 spiro atoms. The maximum atomic E-state index is 15.3. The Morgan fingerprint density at radius 1 is 1.15 bits per heavy atom. The molecule has 0 saturated carbocycles. The van der Waals surface area contributed by atoms with Gasteiger partial charge >= 0.3 is 6.03 Å². The first kappa shape index (κ1) is 24.5. The minimum Gasteiger partial charge on any atom is -0.493 e. The number of alkyl halides is 1. The van der Waals surface area contributed by atoms with Crippen LogP contribution in [0.5, 0.6) is 5.75 Å². The molecular weight excluding hydrogens is 436 g/mol. The maximum Gasteiger partial charge on any atom is 0.318 e. The van der Waals surface area contributed by atoms with E-state index in [1.54, 1.807) is 17.0 Å². The highest BCUT2D eigenvalue weighted by Gasteiger charge is 2.42. The second-order valence-electron chi connectivity index (χ2n) is 9.87. The van der Waals surface area contributed by atoms with E-state index in [0.717, 1.165) is 36.3 Å². The molecular formula is C27H35F2N3O2. The van der Waals surface area contributed by atoms with Gasteiger partial charge in [-0.15, -0.1) is 0 Å². The number of hydrogen-bond donors (Lipinski definition) is 1. The van der Waals surface area contributed by atoms with Crippen LogP contribution in [0.3, 0.4) is 0 Å². The number of fused-ring (bicyclic) bond motifs is 1. The second-order valence-corrected chi connectivity index (χ2v) is 9.87. The van der Waals surface area contributed by atoms with Crippen LogP contribution in [0.2, 0.25) is 0 Å². The molecule has 2 fully saturated rings. The molecule has 2 aliphatic heterocycles. The van der Waals surface area contributed by atoms with E-state index in [1.807, 2.05) is 24.3 Å². The fourth-order valence-electron chi connectivity index (χ4n) is 4.87. The molecule has 0 bridgehead atoms. The van der Waals surface area contributed by atoms with Gasteiger partial charge in [-0.3, -0.25) is 4.90 Å². The Hall–Kier alpha value is -2.67. The minimum atomic E-state index is -1.11. The molecule has 0 radical (unpaired) electrons. The lowest BCUT2D eigenvalue weighted by Gasteiger charge is -2.42. The lowest BCUT2D eigenvalue weighted by Crippen LogP contribution is -2.57. The van der Waals surface area contributed by atoms with Gasteiger partial charge < -0.3 is 15.0 Å². The molecule has 5 nitrogen and oxygen atoms in total. The molecule has 3 atom stereocenters. The molecule has 0 aliphatic carbocycles. The van der Waals surface area contributed by atoms with Crippen molar-refractivity contribution >= 4 is 6.03 Å². The Balaban J connectivity index is 1.43. The van der Waals surface area contributed by atoms with Crippen LogP contribution in [0, 0.1) is 11.7 Å². The fraction of sp³-hybridized carbons (Fsp3) is 0.519. The third-order valence-corrected chi connectivity index (χ3v) is 6.72. The molecule has 2 amide bonds. The van der Waals surface area contributed by atoms with Gasteiger partial charge in [-0.1, -0.05) is 38.1 Å². The number of nitrogens with one attached hydrogen (secondary N) is 1. The van der Waals surface area contributed by atoms with Crippen molar-refractivity contribution in [1.82, 2.24) is 15.1 Å². The lowest BCUT2D eigenvalue weighted by molar-refractivity contribution is 0.0311. The Kier molecular flexibility index (Phi) is 8.03. The van der Waals surface area contributed by atoms with Gasteiger partial charge in [0, 0.05) is 25.7 Å². The van der Waals surface area contributed by atoms with Gasteiger partial charge in [0.25, 0.3) is 0 Å². The first-order chi connectivity index (χ1) is 16.4. The third kappa shape index (κ3) is 6.26. The van der Waals surface area contributed by atoms with E-state index in [1.165, 1.54) is 12.1 Å². The zero-order valence-electron chi connectivity index (χ0n) is 20.1. The Bertz CT molecular complexity index is 936. The standard InChI is InChI=1S/C27H35F2N3O2/c1-19(2)18-34-24-11-7-20(8-12-24)15-30-27(33)32(16-21-5-9-22(28)10-6-21)26-14-23-4-3-13-31(23)17-25(26)29/h5-12,19,23,25-26H,3-4,13-18H2,1-2H3,(H,30,33)/t23-,25+,26+/m1/s1. The Morgan fingerprint density at radius 2 is 1.85 bits per heavy atom. The van der Waals surface area contributed by atoms with Crippen LogP contribution in [-0.2, 0) is 13.1 Å². The second kappa shape index (κ2) is 11.2. The summed E-state index contributed by atoms with van der Waals surface area (Å²) in [5.41, 5.74) is 1.72. The van der Waals surface area contributed by atoms with Crippen LogP contribution in [0.15, 0.2) is 48.5 Å². The van der Waals surface area contributed by atoms with Crippen molar-refractivity contribution in [3.05, 3.63) is 65.5 Å². The summed E-state index contributed by atoms with van der Waals surface area (Å²) in [6.45, 7) is 6.71. The van der Waals surface area contributed by atoms with Crippen molar-refractivity contribution in [2.45, 2.75) is 64.5 Å². The smallest absolute Gasteiger partial charge is 0.318 e. The van der Waals surface area contributed by atoms with Crippen molar-refractivity contribution in [3.63, 3.8) is 0 Å². The van der Waals surface area contributed by atoms with Gasteiger partial charge in [-0.2, -0.15) is 0 Å². The molecule has 2 aliphatic rings. The number of piperidine rings is 1. The van der Waals surface area contributed by atoms with Crippen molar-refractivity contribution in [3.8, 4) is 5.75 Å². The first-order valence-electron chi connectivity index (χ1n) is 12.3. The van der Waals surface area contributed by atoms with E-state index in [9.17, 15) is 9.18 Å². The highest BCUT2D eigenvalue weighted by atomic mass is 19.1. The molecule has 0 aromatic heterocycles. The first-order valence-corrected chi connectivity index (χ1v) is 12.3. The van der Waals surface area contributed by atoms with Crippen LogP contribution in [0.25, 0.3) is 0 Å². The van der Waals surface area contributed by atoms with E-state index in [0.29, 0.717) is 38.1 Å². The summed E-state index contributed by atoms with van der Waals surface area (Å²) in [6, 6.07) is 13.2. The SMILES string of the molecule is CC(C)COc1ccc(CNC(=O)N(Cc2ccc(F)cc2)[C@H]2C[C@H]3CCCN3C[C@@H]2F)cc1. The third-order valence-electron chi connectivity index (χ3n) is 6.72. The van der Waals surface area contributed by atoms with E-state index < -0.39 is 12.2 Å². The molecule has 1 N–H and O–H groups in total. The zero-order valence-corrected chi connectivity index (χ0v) is 20.1. The number of ether oxygens (including phenoxy) is 1. The highest BCUT2D eigenvalue weighted by molar-refractivity contribution is 5.74. The largest absolute Gasteiger partial charge is 0.493 e. The molecule has 2 heterocycles. The monoisotopic (exact) mass is 471 g/mol. The summed E-state index contributed by atoms with van der Waals surface area (Å²) < 4.78 is 34.4. The summed E-state index contributed by atoms with van der Waals surface area (Å²) in [6.07, 6.45) is 1.63. The molecule has 2 aromatic carbocycles. The van der Waals surface area contributed by atoms with Gasteiger partial charge in [0.1, 0.15) is 17.7 Å². The molecule has 4 rings (SSSR count). The summed E-state index contributed by atoms with van der Waals surface area (Å²) >= 11 is 0. The van der Waals surface area contributed by atoms with Crippen LogP contribution in [-0.4, -0.2) is 53.8 Å². The average Bonchev–Trinajstić information content (AvgIpc) is 3.28. The molecule has 34 heavy (non-hydrogen) atoms. The van der Waals surface area contributed by atoms with E-state index in [2.05, 4.69) is 24.1 Å². The number of benzene rings is 2. The minimum absolute atomic E-state index is 0.242. The van der Waals surface area contributed by atoms with Gasteiger partial charge in [0.15, 0.2) is 0 Å². The van der Waals surface area contributed by atoms with Crippen molar-refractivity contribution < 1.29 is 18.3 Å². The normalized spacial score (nSPS) is 22.4. The quantitative estimate of drug-likeness (QED) is 0.579. The van der Waals surface area contributed by atoms with Crippen LogP contribution in [0.4, 0.5) is 13.6 Å². The van der Waals surface area contributed by atoms with Gasteiger partial charge in [-0.25, -0.2) is 13.6 Å². The Morgan fingerprint density at radius 3 is 2.56 bits per heavy atom. The van der Waals surface area contributed by atoms with Crippen molar-refractivity contribution in [1.29, 1.82) is 0 Å². The zero-order chi connectivity index (χ0) is 24.1. The molecule has 7 heteroatoms. The fourth-order valence-corrected chi connectivity index (χ4v) is 4.87. The summed E-state index contributed by atoms with van der Waals surface area (Å²) in [5, 5.41) is 2.97. The number of amides is 2. The van der Waals surface area contributed by atoms with E-state index in [-0.39, 0.29) is 18.4 Å². The molecule has 2 aromatic rings. The molecule has 0 unspecified atom stereocenters. The number of halogens is 2. The Labute approximate surface area is 201 Å². The lowest BCUT2D eigenvalue weighted by atomic mass is 9.94. The maximum absolute atomic E-state index is 15.3. The van der Waals surface area contributed by atoms with E-state index >= 15 is 4.39 Å². The molecule has 2 saturated heterocycles. The van der Waals surface area contributed by atoms with Gasteiger partial charge in [0.2, 0.25) is 0 Å². The predicted molar refractivity (Wildman–Crippen MR) is 129 cm³/mol. The number of carbonyl (C=O) groups is 1. The number of rotatable bonds is 8. The van der Waals surface area contributed by atoms with Crippen LogP contribution >= 0.6 is 0 Å². The average molecular weight is 472 g/mol. The number of urea groups is 1. The highest BCUT2D eigenvalue weighted by Crippen LogP contribution is 2.32. The summed E-state index contributed by atoms with van der Waals surface area (Å²) in [5.74, 6) is 0.912. The van der Waals surface area contributed by atoms with E-state index in [4.69, 9.17) is 4.74 Å². The van der Waals surface area contributed by atoms with Gasteiger partial charge in [0.05, 0.1) is 12.6 Å². The topological polar surface area (TPSA) is 44.8 Å². The van der Waals surface area contributed by atoms with Crippen LogP contribution in [0.1, 0.15) is 44.2 Å². The van der Waals surface area contributed by atoms with Crippen molar-refractivity contribution in [2.75, 3.05) is 19.7 Å². The predicted octanol–water partition coefficient (Wildman–Crippen LogP) is 5.15. The molecule has 184 valence electrons. The number of carbonyl (C=O) groups excluding carboxylic acids is 1. The van der Waals surface area contributed by atoms with Crippen LogP contribution < -0.4 is 10.1 Å². The number of nitrogens with zero attached hydrogens (tertiary/aromatic N) is 2. The summed E-state index contributed by atoms with van der Waals surface area (Å²) in [7, 11) is 0. The summed E-state index contributed by atoms with van der Waals surface area (Å²) in [4.78, 5) is 17.1.